The first-order valence-corrected chi connectivity index (χ1v) is 5.88. The molecule has 16 heavy (non-hydrogen) atoms. The van der Waals surface area contributed by atoms with Crippen LogP contribution in [0.15, 0.2) is 18.2 Å². The molecule has 1 heterocycles. The van der Waals surface area contributed by atoms with Crippen molar-refractivity contribution >= 4 is 0 Å². The van der Waals surface area contributed by atoms with Crippen LogP contribution in [0.2, 0.25) is 0 Å². The molecule has 1 N–H and O–H groups in total. The molecule has 0 saturated heterocycles. The average Bonchev–Trinajstić information content (AvgIpc) is 2.67. The van der Waals surface area contributed by atoms with Crippen LogP contribution in [-0.2, 0) is 11.3 Å². The molecule has 0 fully saturated rings. The number of fused-ring (bicyclic) bond motifs is 1. The Morgan fingerprint density at radius 1 is 1.38 bits per heavy atom. The number of hydroxylamine groups is 1. The minimum atomic E-state index is 0.150. The van der Waals surface area contributed by atoms with E-state index in [1.54, 1.807) is 7.11 Å². The van der Waals surface area contributed by atoms with Gasteiger partial charge in [-0.15, -0.1) is 0 Å². The van der Waals surface area contributed by atoms with E-state index in [9.17, 15) is 0 Å². The molecule has 0 spiro atoms. The fourth-order valence-corrected chi connectivity index (χ4v) is 2.18. The highest BCUT2D eigenvalue weighted by atomic mass is 16.6. The maximum atomic E-state index is 5.88. The van der Waals surface area contributed by atoms with Crippen LogP contribution >= 0.6 is 0 Å². The van der Waals surface area contributed by atoms with Crippen molar-refractivity contribution in [2.75, 3.05) is 7.11 Å². The molecule has 88 valence electrons. The van der Waals surface area contributed by atoms with Crippen molar-refractivity contribution in [3.8, 4) is 5.75 Å². The minimum absolute atomic E-state index is 0.150. The quantitative estimate of drug-likeness (QED) is 0.793. The number of hydrogen-bond acceptors (Lipinski definition) is 3. The van der Waals surface area contributed by atoms with Crippen LogP contribution in [0, 0.1) is 0 Å². The van der Waals surface area contributed by atoms with E-state index in [0.29, 0.717) is 0 Å². The minimum Gasteiger partial charge on any atom is -0.488 e. The topological polar surface area (TPSA) is 30.5 Å². The summed E-state index contributed by atoms with van der Waals surface area (Å²) in [6.07, 6.45) is 2.18. The van der Waals surface area contributed by atoms with E-state index in [2.05, 4.69) is 37.5 Å². The van der Waals surface area contributed by atoms with Gasteiger partial charge >= 0.3 is 0 Å². The maximum Gasteiger partial charge on any atom is 0.124 e. The van der Waals surface area contributed by atoms with Crippen LogP contribution in [0.3, 0.4) is 0 Å². The van der Waals surface area contributed by atoms with Crippen molar-refractivity contribution in [3.05, 3.63) is 29.3 Å². The van der Waals surface area contributed by atoms with Crippen molar-refractivity contribution in [2.24, 2.45) is 0 Å². The summed E-state index contributed by atoms with van der Waals surface area (Å²) in [6, 6.07) is 6.55. The lowest BCUT2D eigenvalue weighted by atomic mass is 10.00. The van der Waals surface area contributed by atoms with E-state index >= 15 is 0 Å². The Morgan fingerprint density at radius 3 is 2.81 bits per heavy atom. The largest absolute Gasteiger partial charge is 0.488 e. The first kappa shape index (κ1) is 11.4. The molecule has 1 aliphatic heterocycles. The predicted octanol–water partition coefficient (Wildman–Crippen LogP) is 2.61. The number of rotatable bonds is 4. The molecule has 2 atom stereocenters. The Bertz CT molecular complexity index is 365. The lowest BCUT2D eigenvalue weighted by Crippen LogP contribution is -2.29. The zero-order valence-electron chi connectivity index (χ0n) is 10.1. The standard InChI is InChI=1S/C13H19NO2/c1-4-9-6-7-12-10(8-9)13(14-15-3)11(5-2)16-12/h6-8,11,13-14H,4-5H2,1-3H3. The fraction of sp³-hybridized carbons (Fsp3) is 0.538. The number of ether oxygens (including phenoxy) is 1. The zero-order valence-corrected chi connectivity index (χ0v) is 10.1. The van der Waals surface area contributed by atoms with Crippen molar-refractivity contribution in [2.45, 2.75) is 38.8 Å². The van der Waals surface area contributed by atoms with Gasteiger partial charge in [-0.3, -0.25) is 0 Å². The molecule has 2 rings (SSSR count). The van der Waals surface area contributed by atoms with Crippen LogP contribution in [-0.4, -0.2) is 13.2 Å². The third-order valence-corrected chi connectivity index (χ3v) is 3.11. The predicted molar refractivity (Wildman–Crippen MR) is 63.4 cm³/mol. The Kier molecular flexibility index (Phi) is 3.46. The zero-order chi connectivity index (χ0) is 11.5. The van der Waals surface area contributed by atoms with Crippen LogP contribution in [0.5, 0.6) is 5.75 Å². The molecular weight excluding hydrogens is 202 g/mol. The Labute approximate surface area is 96.7 Å². The van der Waals surface area contributed by atoms with Gasteiger partial charge in [-0.05, 0) is 24.5 Å². The second kappa shape index (κ2) is 4.85. The Hall–Kier alpha value is -1.06. The molecule has 1 aromatic carbocycles. The normalized spacial score (nSPS) is 22.9. The van der Waals surface area contributed by atoms with Gasteiger partial charge in [0.15, 0.2) is 0 Å². The van der Waals surface area contributed by atoms with E-state index in [1.165, 1.54) is 11.1 Å². The van der Waals surface area contributed by atoms with Crippen LogP contribution in [0.4, 0.5) is 0 Å². The van der Waals surface area contributed by atoms with E-state index in [1.807, 2.05) is 0 Å². The summed E-state index contributed by atoms with van der Waals surface area (Å²) >= 11 is 0. The molecule has 1 aromatic rings. The van der Waals surface area contributed by atoms with Crippen molar-refractivity contribution < 1.29 is 9.57 Å². The van der Waals surface area contributed by atoms with Crippen LogP contribution in [0.25, 0.3) is 0 Å². The number of hydrogen-bond donors (Lipinski definition) is 1. The van der Waals surface area contributed by atoms with Gasteiger partial charge in [-0.1, -0.05) is 26.0 Å². The highest BCUT2D eigenvalue weighted by molar-refractivity contribution is 5.43. The summed E-state index contributed by atoms with van der Waals surface area (Å²) in [5.74, 6) is 0.985. The van der Waals surface area contributed by atoms with Crippen molar-refractivity contribution in [3.63, 3.8) is 0 Å². The highest BCUT2D eigenvalue weighted by Gasteiger charge is 2.33. The SMILES string of the molecule is CCc1ccc2c(c1)C(NOC)C(CC)O2. The number of nitrogens with one attached hydrogen (secondary N) is 1. The Balaban J connectivity index is 2.31. The van der Waals surface area contributed by atoms with Gasteiger partial charge in [0.2, 0.25) is 0 Å². The summed E-state index contributed by atoms with van der Waals surface area (Å²) in [5, 5.41) is 0. The molecule has 3 nitrogen and oxygen atoms in total. The van der Waals surface area contributed by atoms with E-state index in [4.69, 9.17) is 9.57 Å². The van der Waals surface area contributed by atoms with Gasteiger partial charge in [-0.25, -0.2) is 0 Å². The molecule has 2 unspecified atom stereocenters. The van der Waals surface area contributed by atoms with Gasteiger partial charge in [0, 0.05) is 5.56 Å². The molecule has 0 amide bonds. The molecule has 0 aliphatic carbocycles. The van der Waals surface area contributed by atoms with Crippen LogP contribution < -0.4 is 10.2 Å². The monoisotopic (exact) mass is 221 g/mol. The molecule has 1 aliphatic rings. The summed E-state index contributed by atoms with van der Waals surface area (Å²) < 4.78 is 5.88. The summed E-state index contributed by atoms with van der Waals surface area (Å²) in [4.78, 5) is 5.06. The van der Waals surface area contributed by atoms with Gasteiger partial charge in [0.1, 0.15) is 11.9 Å². The smallest absolute Gasteiger partial charge is 0.124 e. The highest BCUT2D eigenvalue weighted by Crippen LogP contribution is 2.38. The van der Waals surface area contributed by atoms with E-state index in [-0.39, 0.29) is 12.1 Å². The van der Waals surface area contributed by atoms with Crippen molar-refractivity contribution in [1.82, 2.24) is 5.48 Å². The summed E-state index contributed by atoms with van der Waals surface area (Å²) in [5.41, 5.74) is 5.58. The lowest BCUT2D eigenvalue weighted by molar-refractivity contribution is 0.0283. The van der Waals surface area contributed by atoms with Gasteiger partial charge in [-0.2, -0.15) is 5.48 Å². The van der Waals surface area contributed by atoms with Crippen molar-refractivity contribution in [1.29, 1.82) is 0 Å². The molecular formula is C13H19NO2. The van der Waals surface area contributed by atoms with Gasteiger partial charge in [0.25, 0.3) is 0 Å². The average molecular weight is 221 g/mol. The summed E-state index contributed by atoms with van der Waals surface area (Å²) in [6.45, 7) is 4.29. The molecule has 0 bridgehead atoms. The molecule has 0 radical (unpaired) electrons. The third kappa shape index (κ3) is 1.93. The first-order valence-electron chi connectivity index (χ1n) is 5.88. The molecule has 0 aromatic heterocycles. The number of benzene rings is 1. The fourth-order valence-electron chi connectivity index (χ4n) is 2.18. The van der Waals surface area contributed by atoms with E-state index < -0.39 is 0 Å². The van der Waals surface area contributed by atoms with Crippen LogP contribution in [0.1, 0.15) is 37.4 Å². The third-order valence-electron chi connectivity index (χ3n) is 3.11. The van der Waals surface area contributed by atoms with Gasteiger partial charge in [0.05, 0.1) is 13.2 Å². The molecule has 0 saturated carbocycles. The molecule has 3 heteroatoms. The number of aryl methyl sites for hydroxylation is 1. The van der Waals surface area contributed by atoms with E-state index in [0.717, 1.165) is 18.6 Å². The maximum absolute atomic E-state index is 5.88. The first-order chi connectivity index (χ1) is 7.80. The second-order valence-corrected chi connectivity index (χ2v) is 4.09. The Morgan fingerprint density at radius 2 is 2.19 bits per heavy atom. The second-order valence-electron chi connectivity index (χ2n) is 4.09. The van der Waals surface area contributed by atoms with Gasteiger partial charge < -0.3 is 9.57 Å². The summed E-state index contributed by atoms with van der Waals surface area (Å²) in [7, 11) is 1.65. The lowest BCUT2D eigenvalue weighted by Gasteiger charge is -2.17.